The van der Waals surface area contributed by atoms with Crippen molar-refractivity contribution in [3.63, 3.8) is 0 Å². The molecular formula is C10H7ClF3N3O2. The van der Waals surface area contributed by atoms with Crippen LogP contribution in [0.25, 0.3) is 0 Å². The molecule has 1 atom stereocenters. The topological polar surface area (TPSA) is 65.8 Å². The summed E-state index contributed by atoms with van der Waals surface area (Å²) in [5.74, 6) is -1.27. The zero-order valence-corrected chi connectivity index (χ0v) is 9.98. The third kappa shape index (κ3) is 2.62. The number of aliphatic carboxylic acids is 1. The summed E-state index contributed by atoms with van der Waals surface area (Å²) in [7, 11) is 0. The Kier molecular flexibility index (Phi) is 3.36. The second-order valence-corrected chi connectivity index (χ2v) is 4.17. The van der Waals surface area contributed by atoms with Crippen LogP contribution < -0.4 is 5.01 Å². The van der Waals surface area contributed by atoms with Crippen LogP contribution in [0.15, 0.2) is 17.4 Å². The second kappa shape index (κ2) is 4.69. The van der Waals surface area contributed by atoms with Gasteiger partial charge in [-0.2, -0.15) is 18.3 Å². The minimum absolute atomic E-state index is 0.115. The lowest BCUT2D eigenvalue weighted by atomic mass is 10.2. The van der Waals surface area contributed by atoms with Gasteiger partial charge >= 0.3 is 12.1 Å². The number of aromatic nitrogens is 1. The monoisotopic (exact) mass is 293 g/mol. The van der Waals surface area contributed by atoms with Crippen molar-refractivity contribution in [2.75, 3.05) is 5.01 Å². The normalized spacial score (nSPS) is 18.9. The zero-order chi connectivity index (χ0) is 14.2. The molecule has 0 spiro atoms. The first-order valence-electron chi connectivity index (χ1n) is 5.08. The molecule has 0 amide bonds. The number of carboxylic acids is 1. The van der Waals surface area contributed by atoms with E-state index in [1.54, 1.807) is 0 Å². The van der Waals surface area contributed by atoms with Crippen LogP contribution in [0.3, 0.4) is 0 Å². The molecule has 5 nitrogen and oxygen atoms in total. The summed E-state index contributed by atoms with van der Waals surface area (Å²) < 4.78 is 37.3. The minimum atomic E-state index is -4.56. The number of nitrogens with zero attached hydrogens (tertiary/aromatic N) is 3. The largest absolute Gasteiger partial charge is 0.480 e. The van der Waals surface area contributed by atoms with E-state index in [1.807, 2.05) is 0 Å². The highest BCUT2D eigenvalue weighted by Gasteiger charge is 2.34. The van der Waals surface area contributed by atoms with Crippen molar-refractivity contribution >= 4 is 29.6 Å². The van der Waals surface area contributed by atoms with E-state index in [-0.39, 0.29) is 17.3 Å². The summed E-state index contributed by atoms with van der Waals surface area (Å²) in [6, 6.07) is -0.321. The Labute approximate surface area is 110 Å². The smallest absolute Gasteiger partial charge is 0.417 e. The van der Waals surface area contributed by atoms with Crippen LogP contribution in [0.5, 0.6) is 0 Å². The van der Waals surface area contributed by atoms with E-state index in [4.69, 9.17) is 16.7 Å². The molecule has 1 aliphatic rings. The molecule has 0 aromatic carbocycles. The van der Waals surface area contributed by atoms with Crippen molar-refractivity contribution < 1.29 is 23.1 Å². The molecule has 0 saturated heterocycles. The van der Waals surface area contributed by atoms with Gasteiger partial charge in [0.2, 0.25) is 0 Å². The summed E-state index contributed by atoms with van der Waals surface area (Å²) in [6.07, 6.45) is -2.49. The van der Waals surface area contributed by atoms with E-state index in [2.05, 4.69) is 10.1 Å². The first-order valence-corrected chi connectivity index (χ1v) is 5.45. The Morgan fingerprint density at radius 3 is 2.74 bits per heavy atom. The molecule has 2 heterocycles. The fraction of sp³-hybridized carbons (Fsp3) is 0.300. The van der Waals surface area contributed by atoms with Crippen molar-refractivity contribution in [3.8, 4) is 0 Å². The van der Waals surface area contributed by atoms with Crippen molar-refractivity contribution in [1.29, 1.82) is 0 Å². The number of hydrogen-bond donors (Lipinski definition) is 1. The Morgan fingerprint density at radius 2 is 2.21 bits per heavy atom. The molecule has 0 saturated carbocycles. The molecule has 1 N–H and O–H groups in total. The molecule has 1 unspecified atom stereocenters. The molecule has 0 aliphatic carbocycles. The second-order valence-electron chi connectivity index (χ2n) is 3.76. The molecule has 2 rings (SSSR count). The molecule has 1 aliphatic heterocycles. The van der Waals surface area contributed by atoms with Gasteiger partial charge in [0.05, 0.1) is 10.6 Å². The van der Waals surface area contributed by atoms with Gasteiger partial charge in [-0.25, -0.2) is 14.8 Å². The van der Waals surface area contributed by atoms with Crippen LogP contribution in [0, 0.1) is 0 Å². The lowest BCUT2D eigenvalue weighted by Crippen LogP contribution is -2.34. The van der Waals surface area contributed by atoms with E-state index in [0.29, 0.717) is 12.3 Å². The maximum Gasteiger partial charge on any atom is 0.417 e. The van der Waals surface area contributed by atoms with Crippen molar-refractivity contribution in [1.82, 2.24) is 4.98 Å². The molecule has 19 heavy (non-hydrogen) atoms. The van der Waals surface area contributed by atoms with E-state index in [9.17, 15) is 18.0 Å². The predicted octanol–water partition coefficient (Wildman–Crippen LogP) is 2.40. The first kappa shape index (κ1) is 13.6. The van der Waals surface area contributed by atoms with Gasteiger partial charge in [-0.1, -0.05) is 11.6 Å². The van der Waals surface area contributed by atoms with Crippen molar-refractivity contribution in [2.24, 2.45) is 5.10 Å². The summed E-state index contributed by atoms with van der Waals surface area (Å²) in [6.45, 7) is 0. The zero-order valence-electron chi connectivity index (χ0n) is 9.23. The molecule has 9 heteroatoms. The Morgan fingerprint density at radius 1 is 1.53 bits per heavy atom. The molecule has 0 radical (unpaired) electrons. The number of halogens is 4. The number of rotatable bonds is 2. The maximum atomic E-state index is 12.4. The first-order chi connectivity index (χ1) is 8.80. The number of carbonyl (C=O) groups is 1. The third-order valence-corrected chi connectivity index (χ3v) is 2.76. The van der Waals surface area contributed by atoms with Crippen LogP contribution in [0.2, 0.25) is 5.02 Å². The van der Waals surface area contributed by atoms with Crippen LogP contribution >= 0.6 is 11.6 Å². The lowest BCUT2D eigenvalue weighted by Gasteiger charge is -2.20. The average Bonchev–Trinajstić information content (AvgIpc) is 2.76. The van der Waals surface area contributed by atoms with Gasteiger partial charge < -0.3 is 5.11 Å². The van der Waals surface area contributed by atoms with Gasteiger partial charge in [0.1, 0.15) is 0 Å². The average molecular weight is 294 g/mol. The number of carboxylic acid groups (broad SMARTS) is 1. The fourth-order valence-corrected chi connectivity index (χ4v) is 1.83. The van der Waals surface area contributed by atoms with Gasteiger partial charge in [-0.15, -0.1) is 0 Å². The number of pyridine rings is 1. The van der Waals surface area contributed by atoms with E-state index < -0.39 is 23.8 Å². The maximum absolute atomic E-state index is 12.4. The highest BCUT2D eigenvalue weighted by atomic mass is 35.5. The van der Waals surface area contributed by atoms with Gasteiger partial charge in [-0.3, -0.25) is 0 Å². The summed E-state index contributed by atoms with van der Waals surface area (Å²) in [4.78, 5) is 14.5. The number of anilines is 1. The minimum Gasteiger partial charge on any atom is -0.480 e. The number of hydrogen-bond acceptors (Lipinski definition) is 4. The van der Waals surface area contributed by atoms with Gasteiger partial charge in [0.15, 0.2) is 11.9 Å². The predicted molar refractivity (Wildman–Crippen MR) is 61.3 cm³/mol. The molecule has 1 aromatic heterocycles. The summed E-state index contributed by atoms with van der Waals surface area (Å²) in [5, 5.41) is 13.4. The Hall–Kier alpha value is -1.83. The standard InChI is InChI=1S/C10H7ClF3N3O2/c11-6-3-5(10(12,13)14)4-15-8(6)17-7(9(18)19)1-2-16-17/h2-4,7H,1H2,(H,18,19). The van der Waals surface area contributed by atoms with E-state index in [1.165, 1.54) is 6.21 Å². The fourth-order valence-electron chi connectivity index (χ4n) is 1.58. The number of hydrazone groups is 1. The molecule has 0 fully saturated rings. The molecule has 102 valence electrons. The van der Waals surface area contributed by atoms with E-state index in [0.717, 1.165) is 5.01 Å². The van der Waals surface area contributed by atoms with Crippen LogP contribution in [0.4, 0.5) is 19.0 Å². The quantitative estimate of drug-likeness (QED) is 0.909. The molecular weight excluding hydrogens is 287 g/mol. The SMILES string of the molecule is O=C(O)C1CC=NN1c1ncc(C(F)(F)F)cc1Cl. The van der Waals surface area contributed by atoms with Crippen molar-refractivity contribution in [3.05, 3.63) is 22.8 Å². The van der Waals surface area contributed by atoms with Gasteiger partial charge in [0, 0.05) is 18.8 Å². The van der Waals surface area contributed by atoms with Gasteiger partial charge in [0.25, 0.3) is 0 Å². The lowest BCUT2D eigenvalue weighted by molar-refractivity contribution is -0.139. The Balaban J connectivity index is 2.36. The summed E-state index contributed by atoms with van der Waals surface area (Å²) >= 11 is 5.71. The highest BCUT2D eigenvalue weighted by Crippen LogP contribution is 2.34. The van der Waals surface area contributed by atoms with E-state index >= 15 is 0 Å². The third-order valence-electron chi connectivity index (χ3n) is 2.48. The summed E-state index contributed by atoms with van der Waals surface area (Å²) in [5.41, 5.74) is -1.00. The number of alkyl halides is 3. The molecule has 0 bridgehead atoms. The molecule has 1 aromatic rings. The van der Waals surface area contributed by atoms with Crippen LogP contribution in [-0.2, 0) is 11.0 Å². The van der Waals surface area contributed by atoms with Crippen molar-refractivity contribution in [2.45, 2.75) is 18.6 Å². The highest BCUT2D eigenvalue weighted by molar-refractivity contribution is 6.33. The Bertz CT molecular complexity index is 547. The van der Waals surface area contributed by atoms with Crippen LogP contribution in [0.1, 0.15) is 12.0 Å². The van der Waals surface area contributed by atoms with Crippen LogP contribution in [-0.4, -0.2) is 28.3 Å². The van der Waals surface area contributed by atoms with Gasteiger partial charge in [-0.05, 0) is 6.07 Å².